The van der Waals surface area contributed by atoms with Gasteiger partial charge in [-0.1, -0.05) is 6.07 Å². The van der Waals surface area contributed by atoms with Crippen LogP contribution in [0.1, 0.15) is 23.2 Å². The summed E-state index contributed by atoms with van der Waals surface area (Å²) in [5.41, 5.74) is 1.75. The van der Waals surface area contributed by atoms with Gasteiger partial charge < -0.3 is 5.32 Å². The van der Waals surface area contributed by atoms with E-state index in [1.807, 2.05) is 30.3 Å². The molecule has 1 saturated heterocycles. The second-order valence-corrected chi connectivity index (χ2v) is 4.82. The molecule has 0 radical (unpaired) electrons. The first-order valence-electron chi connectivity index (χ1n) is 6.44. The lowest BCUT2D eigenvalue weighted by atomic mass is 9.90. The van der Waals surface area contributed by atoms with Gasteiger partial charge in [-0.25, -0.2) is 0 Å². The van der Waals surface area contributed by atoms with E-state index in [1.54, 1.807) is 6.20 Å². The Morgan fingerprint density at radius 1 is 1.33 bits per heavy atom. The maximum Gasteiger partial charge on any atom is 0.167 e. The van der Waals surface area contributed by atoms with Crippen molar-refractivity contribution in [3.8, 4) is 0 Å². The molecule has 1 unspecified atom stereocenters. The van der Waals surface area contributed by atoms with Crippen LogP contribution >= 0.6 is 0 Å². The average Bonchev–Trinajstić information content (AvgIpc) is 2.47. The number of rotatable bonds is 2. The number of fused-ring (bicyclic) bond motifs is 1. The van der Waals surface area contributed by atoms with Crippen molar-refractivity contribution in [1.29, 1.82) is 0 Å². The number of carbonyl (C=O) groups is 1. The minimum atomic E-state index is 0.132. The molecule has 1 aliphatic heterocycles. The number of hydrogen-bond acceptors (Lipinski definition) is 3. The normalized spacial score (nSPS) is 19.9. The van der Waals surface area contributed by atoms with Gasteiger partial charge in [-0.15, -0.1) is 0 Å². The summed E-state index contributed by atoms with van der Waals surface area (Å²) >= 11 is 0. The van der Waals surface area contributed by atoms with Crippen molar-refractivity contribution in [3.63, 3.8) is 0 Å². The second kappa shape index (κ2) is 4.86. The van der Waals surface area contributed by atoms with Crippen LogP contribution in [0.15, 0.2) is 36.5 Å². The third kappa shape index (κ3) is 2.14. The summed E-state index contributed by atoms with van der Waals surface area (Å²) < 4.78 is 0. The highest BCUT2D eigenvalue weighted by Crippen LogP contribution is 2.19. The van der Waals surface area contributed by atoms with Gasteiger partial charge >= 0.3 is 0 Å². The van der Waals surface area contributed by atoms with Gasteiger partial charge in [0.15, 0.2) is 5.78 Å². The van der Waals surface area contributed by atoms with E-state index < -0.39 is 0 Å². The van der Waals surface area contributed by atoms with E-state index >= 15 is 0 Å². The molecule has 1 aliphatic rings. The first-order valence-corrected chi connectivity index (χ1v) is 6.44. The van der Waals surface area contributed by atoms with Gasteiger partial charge in [0.2, 0.25) is 0 Å². The molecule has 0 spiro atoms. The molecule has 3 nitrogen and oxygen atoms in total. The molecule has 1 atom stereocenters. The first kappa shape index (κ1) is 11.4. The van der Waals surface area contributed by atoms with Gasteiger partial charge in [0.25, 0.3) is 0 Å². The van der Waals surface area contributed by atoms with E-state index in [-0.39, 0.29) is 11.7 Å². The van der Waals surface area contributed by atoms with Crippen LogP contribution in [0, 0.1) is 5.92 Å². The van der Waals surface area contributed by atoms with Crippen LogP contribution in [0.4, 0.5) is 0 Å². The summed E-state index contributed by atoms with van der Waals surface area (Å²) in [6.07, 6.45) is 3.86. The van der Waals surface area contributed by atoms with E-state index in [0.717, 1.165) is 42.4 Å². The lowest BCUT2D eigenvalue weighted by Crippen LogP contribution is -2.34. The monoisotopic (exact) mass is 240 g/mol. The number of nitrogens with one attached hydrogen (secondary N) is 1. The number of benzene rings is 1. The quantitative estimate of drug-likeness (QED) is 0.820. The third-order valence-corrected chi connectivity index (χ3v) is 3.56. The SMILES string of the molecule is O=C(c1ccc2ncccc2c1)C1CCCNC1. The Bertz CT molecular complexity index is 573. The van der Waals surface area contributed by atoms with Crippen molar-refractivity contribution in [1.82, 2.24) is 10.3 Å². The Labute approximate surface area is 106 Å². The van der Waals surface area contributed by atoms with Crippen molar-refractivity contribution in [2.24, 2.45) is 5.92 Å². The predicted molar refractivity (Wildman–Crippen MR) is 71.7 cm³/mol. The molecule has 1 N–H and O–H groups in total. The van der Waals surface area contributed by atoms with Gasteiger partial charge in [0.1, 0.15) is 0 Å². The van der Waals surface area contributed by atoms with E-state index in [0.29, 0.717) is 0 Å². The van der Waals surface area contributed by atoms with Crippen LogP contribution in [0.2, 0.25) is 0 Å². The Kier molecular flexibility index (Phi) is 3.07. The van der Waals surface area contributed by atoms with Crippen molar-refractivity contribution in [2.45, 2.75) is 12.8 Å². The van der Waals surface area contributed by atoms with E-state index in [4.69, 9.17) is 0 Å². The van der Waals surface area contributed by atoms with Crippen LogP contribution in [0.5, 0.6) is 0 Å². The molecule has 3 rings (SSSR count). The number of ketones is 1. The number of aromatic nitrogens is 1. The van der Waals surface area contributed by atoms with Crippen molar-refractivity contribution >= 4 is 16.7 Å². The van der Waals surface area contributed by atoms with Crippen LogP contribution < -0.4 is 5.32 Å². The Morgan fingerprint density at radius 2 is 2.28 bits per heavy atom. The summed E-state index contributed by atoms with van der Waals surface area (Å²) in [5.74, 6) is 0.390. The minimum absolute atomic E-state index is 0.132. The van der Waals surface area contributed by atoms with Gasteiger partial charge in [-0.3, -0.25) is 9.78 Å². The zero-order chi connectivity index (χ0) is 12.4. The Balaban J connectivity index is 1.91. The lowest BCUT2D eigenvalue weighted by Gasteiger charge is -2.21. The first-order chi connectivity index (χ1) is 8.84. The molecule has 0 saturated carbocycles. The number of hydrogen-bond donors (Lipinski definition) is 1. The highest BCUT2D eigenvalue weighted by molar-refractivity contribution is 6.00. The topological polar surface area (TPSA) is 42.0 Å². The molecule has 2 heterocycles. The minimum Gasteiger partial charge on any atom is -0.316 e. The number of piperidine rings is 1. The fourth-order valence-electron chi connectivity index (χ4n) is 2.54. The van der Waals surface area contributed by atoms with Crippen LogP contribution in [0.25, 0.3) is 10.9 Å². The molecular formula is C15H16N2O. The van der Waals surface area contributed by atoms with Crippen molar-refractivity contribution in [2.75, 3.05) is 13.1 Å². The molecule has 1 fully saturated rings. The molecule has 0 bridgehead atoms. The lowest BCUT2D eigenvalue weighted by molar-refractivity contribution is 0.0900. The van der Waals surface area contributed by atoms with E-state index in [1.165, 1.54) is 0 Å². The number of carbonyl (C=O) groups excluding carboxylic acids is 1. The largest absolute Gasteiger partial charge is 0.316 e. The molecule has 92 valence electrons. The van der Waals surface area contributed by atoms with Gasteiger partial charge in [0, 0.05) is 29.6 Å². The van der Waals surface area contributed by atoms with Crippen LogP contribution in [0.3, 0.4) is 0 Å². The van der Waals surface area contributed by atoms with E-state index in [2.05, 4.69) is 10.3 Å². The Hall–Kier alpha value is -1.74. The summed E-state index contributed by atoms with van der Waals surface area (Å²) in [4.78, 5) is 16.7. The van der Waals surface area contributed by atoms with Crippen molar-refractivity contribution in [3.05, 3.63) is 42.1 Å². The number of pyridine rings is 1. The zero-order valence-corrected chi connectivity index (χ0v) is 10.2. The fourth-order valence-corrected chi connectivity index (χ4v) is 2.54. The summed E-state index contributed by atoms with van der Waals surface area (Å²) in [5, 5.41) is 4.32. The van der Waals surface area contributed by atoms with Crippen LogP contribution in [-0.4, -0.2) is 23.9 Å². The van der Waals surface area contributed by atoms with Crippen LogP contribution in [-0.2, 0) is 0 Å². The molecule has 1 aromatic carbocycles. The third-order valence-electron chi connectivity index (χ3n) is 3.56. The molecule has 0 aliphatic carbocycles. The highest BCUT2D eigenvalue weighted by Gasteiger charge is 2.22. The summed E-state index contributed by atoms with van der Waals surface area (Å²) in [7, 11) is 0. The van der Waals surface area contributed by atoms with Crippen molar-refractivity contribution < 1.29 is 4.79 Å². The number of nitrogens with zero attached hydrogens (tertiary/aromatic N) is 1. The molecule has 1 aromatic heterocycles. The summed E-state index contributed by atoms with van der Waals surface area (Å²) in [6, 6.07) is 9.68. The molecular weight excluding hydrogens is 224 g/mol. The second-order valence-electron chi connectivity index (χ2n) is 4.82. The molecule has 0 amide bonds. The Morgan fingerprint density at radius 3 is 3.11 bits per heavy atom. The standard InChI is InChI=1S/C15H16N2O/c18-15(13-4-1-7-16-10-13)12-5-6-14-11(9-12)3-2-8-17-14/h2-3,5-6,8-9,13,16H,1,4,7,10H2. The predicted octanol–water partition coefficient (Wildman–Crippen LogP) is 2.42. The zero-order valence-electron chi connectivity index (χ0n) is 10.2. The maximum absolute atomic E-state index is 12.4. The van der Waals surface area contributed by atoms with E-state index in [9.17, 15) is 4.79 Å². The maximum atomic E-state index is 12.4. The van der Waals surface area contributed by atoms with Gasteiger partial charge in [0.05, 0.1) is 5.52 Å². The molecule has 3 heteroatoms. The molecule has 18 heavy (non-hydrogen) atoms. The fraction of sp³-hybridized carbons (Fsp3) is 0.333. The summed E-state index contributed by atoms with van der Waals surface area (Å²) in [6.45, 7) is 1.84. The van der Waals surface area contributed by atoms with Gasteiger partial charge in [-0.2, -0.15) is 0 Å². The molecule has 2 aromatic rings. The average molecular weight is 240 g/mol. The van der Waals surface area contributed by atoms with Gasteiger partial charge in [-0.05, 0) is 43.7 Å². The highest BCUT2D eigenvalue weighted by atomic mass is 16.1. The number of Topliss-reactive ketones (excluding diaryl/α,β-unsaturated/α-hetero) is 1. The smallest absolute Gasteiger partial charge is 0.167 e.